The van der Waals surface area contributed by atoms with E-state index in [4.69, 9.17) is 47.0 Å². The summed E-state index contributed by atoms with van der Waals surface area (Å²) in [5, 5.41) is 9.47. The summed E-state index contributed by atoms with van der Waals surface area (Å²) in [5.74, 6) is -0.695. The van der Waals surface area contributed by atoms with E-state index in [1.54, 1.807) is 54.6 Å². The highest BCUT2D eigenvalue weighted by molar-refractivity contribution is 7.80. The Morgan fingerprint density at radius 3 is 1.97 bits per heavy atom. The van der Waals surface area contributed by atoms with E-state index < -0.39 is 5.91 Å². The van der Waals surface area contributed by atoms with Crippen LogP contribution in [-0.4, -0.2) is 16.9 Å². The Balaban J connectivity index is 1.57. The highest BCUT2D eigenvalue weighted by Gasteiger charge is 2.11. The van der Waals surface area contributed by atoms with Gasteiger partial charge in [0, 0.05) is 27.5 Å². The van der Waals surface area contributed by atoms with Crippen LogP contribution in [0.1, 0.15) is 20.7 Å². The number of halogens is 3. The van der Waals surface area contributed by atoms with E-state index in [1.807, 2.05) is 0 Å². The number of rotatable bonds is 4. The first-order valence-corrected chi connectivity index (χ1v) is 10.1. The summed E-state index contributed by atoms with van der Waals surface area (Å²) < 4.78 is 0. The van der Waals surface area contributed by atoms with E-state index in [2.05, 4.69) is 16.0 Å². The minimum atomic E-state index is -0.420. The lowest BCUT2D eigenvalue weighted by molar-refractivity contribution is 0.0976. The summed E-state index contributed by atoms with van der Waals surface area (Å²) >= 11 is 22.8. The lowest BCUT2D eigenvalue weighted by Gasteiger charge is -2.11. The molecule has 0 aliphatic rings. The Bertz CT molecular complexity index is 1120. The molecule has 3 aromatic rings. The summed E-state index contributed by atoms with van der Waals surface area (Å²) in [6, 6.07) is 18.0. The number of thiocarbonyl (C=S) groups is 1. The molecule has 152 valence electrons. The molecule has 0 heterocycles. The third-order valence-corrected chi connectivity index (χ3v) is 5.07. The van der Waals surface area contributed by atoms with Gasteiger partial charge in [-0.3, -0.25) is 14.9 Å². The number of nitrogens with one attached hydrogen (secondary N) is 3. The van der Waals surface area contributed by atoms with Gasteiger partial charge in [-0.25, -0.2) is 0 Å². The average molecular weight is 479 g/mol. The maximum Gasteiger partial charge on any atom is 0.257 e. The summed E-state index contributed by atoms with van der Waals surface area (Å²) in [7, 11) is 0. The van der Waals surface area contributed by atoms with Gasteiger partial charge in [-0.15, -0.1) is 0 Å². The zero-order valence-corrected chi connectivity index (χ0v) is 18.3. The van der Waals surface area contributed by atoms with E-state index in [-0.39, 0.29) is 16.0 Å². The van der Waals surface area contributed by atoms with Crippen molar-refractivity contribution in [1.29, 1.82) is 0 Å². The van der Waals surface area contributed by atoms with Gasteiger partial charge >= 0.3 is 0 Å². The van der Waals surface area contributed by atoms with Gasteiger partial charge < -0.3 is 10.6 Å². The Hall–Kier alpha value is -2.64. The summed E-state index contributed by atoms with van der Waals surface area (Å²) in [4.78, 5) is 24.5. The van der Waals surface area contributed by atoms with Crippen LogP contribution in [0, 0.1) is 0 Å². The van der Waals surface area contributed by atoms with Crippen LogP contribution in [0.5, 0.6) is 0 Å². The number of carbonyl (C=O) groups is 2. The van der Waals surface area contributed by atoms with Crippen molar-refractivity contribution in [2.24, 2.45) is 0 Å². The molecule has 0 unspecified atom stereocenters. The van der Waals surface area contributed by atoms with Crippen LogP contribution in [0.3, 0.4) is 0 Å². The predicted molar refractivity (Wildman–Crippen MR) is 126 cm³/mol. The molecule has 0 spiro atoms. The second kappa shape index (κ2) is 9.91. The minimum absolute atomic E-state index is 0.113. The van der Waals surface area contributed by atoms with Crippen molar-refractivity contribution in [3.8, 4) is 0 Å². The number of amides is 2. The first-order valence-electron chi connectivity index (χ1n) is 8.56. The third-order valence-electron chi connectivity index (χ3n) is 3.90. The van der Waals surface area contributed by atoms with E-state index in [1.165, 1.54) is 12.1 Å². The maximum atomic E-state index is 12.3. The van der Waals surface area contributed by atoms with Crippen molar-refractivity contribution >= 4 is 75.3 Å². The number of anilines is 2. The molecule has 3 N–H and O–H groups in total. The molecular weight excluding hydrogens is 465 g/mol. The second-order valence-electron chi connectivity index (χ2n) is 6.08. The van der Waals surface area contributed by atoms with E-state index in [0.717, 1.165) is 0 Å². The number of hydrogen-bond acceptors (Lipinski definition) is 3. The summed E-state index contributed by atoms with van der Waals surface area (Å²) in [5.41, 5.74) is 2.01. The first-order chi connectivity index (χ1) is 14.3. The predicted octanol–water partition coefficient (Wildman–Crippen LogP) is 6.03. The smallest absolute Gasteiger partial charge is 0.257 e. The standard InChI is InChI=1S/C21H14Cl3N3O2S/c22-14-3-1-2-12(10-14)19(28)25-15-5-7-16(8-6-15)26-21(30)27-20(29)13-4-9-17(23)18(24)11-13/h1-11H,(H,25,28)(H2,26,27,29,30). The van der Waals surface area contributed by atoms with Crippen LogP contribution in [0.25, 0.3) is 0 Å². The van der Waals surface area contributed by atoms with Gasteiger partial charge in [0.25, 0.3) is 11.8 Å². The molecule has 0 saturated heterocycles. The van der Waals surface area contributed by atoms with Crippen LogP contribution >= 0.6 is 47.0 Å². The molecule has 0 aliphatic heterocycles. The van der Waals surface area contributed by atoms with Gasteiger partial charge in [-0.2, -0.15) is 0 Å². The number of carbonyl (C=O) groups excluding carboxylic acids is 2. The molecule has 5 nitrogen and oxygen atoms in total. The van der Waals surface area contributed by atoms with Gasteiger partial charge in [0.1, 0.15) is 0 Å². The molecule has 0 aromatic heterocycles. The number of benzene rings is 3. The van der Waals surface area contributed by atoms with Crippen molar-refractivity contribution in [3.05, 3.63) is 92.9 Å². The lowest BCUT2D eigenvalue weighted by Crippen LogP contribution is -2.34. The van der Waals surface area contributed by atoms with Crippen LogP contribution in [0.4, 0.5) is 11.4 Å². The summed E-state index contributed by atoms with van der Waals surface area (Å²) in [6.45, 7) is 0. The van der Waals surface area contributed by atoms with Crippen LogP contribution in [-0.2, 0) is 0 Å². The Kier molecular flexibility index (Phi) is 7.29. The molecule has 2 amide bonds. The fraction of sp³-hybridized carbons (Fsp3) is 0. The zero-order valence-electron chi connectivity index (χ0n) is 15.2. The normalized spacial score (nSPS) is 10.2. The highest BCUT2D eigenvalue weighted by atomic mass is 35.5. The Labute approximate surface area is 193 Å². The van der Waals surface area contributed by atoms with Crippen LogP contribution in [0.15, 0.2) is 66.7 Å². The van der Waals surface area contributed by atoms with Crippen molar-refractivity contribution in [1.82, 2.24) is 5.32 Å². The Morgan fingerprint density at radius 2 is 1.33 bits per heavy atom. The lowest BCUT2D eigenvalue weighted by atomic mass is 10.2. The SMILES string of the molecule is O=C(NC(=S)Nc1ccc(NC(=O)c2cccc(Cl)c2)cc1)c1ccc(Cl)c(Cl)c1. The molecule has 9 heteroatoms. The molecule has 0 saturated carbocycles. The van der Waals surface area contributed by atoms with Crippen molar-refractivity contribution in [3.63, 3.8) is 0 Å². The maximum absolute atomic E-state index is 12.3. The van der Waals surface area contributed by atoms with E-state index in [9.17, 15) is 9.59 Å². The van der Waals surface area contributed by atoms with Gasteiger partial charge in [-0.1, -0.05) is 40.9 Å². The molecule has 0 radical (unpaired) electrons. The van der Waals surface area contributed by atoms with Crippen LogP contribution < -0.4 is 16.0 Å². The van der Waals surface area contributed by atoms with Crippen LogP contribution in [0.2, 0.25) is 15.1 Å². The fourth-order valence-corrected chi connectivity index (χ4v) is 3.14. The molecular formula is C21H14Cl3N3O2S. The van der Waals surface area contributed by atoms with Crippen molar-refractivity contribution in [2.75, 3.05) is 10.6 Å². The van der Waals surface area contributed by atoms with Gasteiger partial charge in [0.15, 0.2) is 5.11 Å². The minimum Gasteiger partial charge on any atom is -0.332 e. The van der Waals surface area contributed by atoms with Crippen molar-refractivity contribution < 1.29 is 9.59 Å². The quantitative estimate of drug-likeness (QED) is 0.401. The van der Waals surface area contributed by atoms with Gasteiger partial charge in [0.05, 0.1) is 10.0 Å². The fourth-order valence-electron chi connectivity index (χ4n) is 2.44. The van der Waals surface area contributed by atoms with E-state index in [0.29, 0.717) is 32.5 Å². The largest absolute Gasteiger partial charge is 0.332 e. The average Bonchev–Trinajstić information content (AvgIpc) is 2.71. The molecule has 0 atom stereocenters. The first kappa shape index (κ1) is 22.1. The second-order valence-corrected chi connectivity index (χ2v) is 7.74. The Morgan fingerprint density at radius 1 is 0.700 bits per heavy atom. The van der Waals surface area contributed by atoms with Crippen molar-refractivity contribution in [2.45, 2.75) is 0 Å². The molecule has 0 fully saturated rings. The van der Waals surface area contributed by atoms with E-state index >= 15 is 0 Å². The zero-order chi connectivity index (χ0) is 21.7. The number of hydrogen-bond donors (Lipinski definition) is 3. The molecule has 0 bridgehead atoms. The topological polar surface area (TPSA) is 70.2 Å². The third kappa shape index (κ3) is 5.93. The molecule has 3 rings (SSSR count). The molecule has 0 aliphatic carbocycles. The van der Waals surface area contributed by atoms with Gasteiger partial charge in [-0.05, 0) is 72.9 Å². The molecule has 30 heavy (non-hydrogen) atoms. The molecule has 3 aromatic carbocycles. The van der Waals surface area contributed by atoms with Gasteiger partial charge in [0.2, 0.25) is 0 Å². The monoisotopic (exact) mass is 477 g/mol. The summed E-state index contributed by atoms with van der Waals surface area (Å²) in [6.07, 6.45) is 0. The highest BCUT2D eigenvalue weighted by Crippen LogP contribution is 2.22.